The van der Waals surface area contributed by atoms with Crippen molar-refractivity contribution in [1.82, 2.24) is 24.1 Å². The Morgan fingerprint density at radius 2 is 2.00 bits per heavy atom. The molecule has 1 atom stereocenters. The number of aromatic amines is 1. The number of aromatic nitrogens is 5. The molecular formula is C18H19N5. The van der Waals surface area contributed by atoms with Crippen LogP contribution in [0.15, 0.2) is 55.2 Å². The van der Waals surface area contributed by atoms with Crippen LogP contribution in [0.5, 0.6) is 0 Å². The molecule has 0 spiro atoms. The maximum atomic E-state index is 4.50. The number of aryl methyl sites for hydroxylation is 1. The standard InChI is InChI=1S/C18H19N5/c1-13(11-22-9-7-15-5-3-4-6-16(15)22)23-10-8-19-18(23)17-14(2)20-12-21-17/h3-10,12-13H,11H2,1-2H3,(H,20,21). The summed E-state index contributed by atoms with van der Waals surface area (Å²) in [6, 6.07) is 10.9. The van der Waals surface area contributed by atoms with Gasteiger partial charge in [-0.2, -0.15) is 0 Å². The molecule has 4 aromatic rings. The molecule has 0 fully saturated rings. The van der Waals surface area contributed by atoms with Crippen molar-refractivity contribution in [2.75, 3.05) is 0 Å². The van der Waals surface area contributed by atoms with E-state index in [9.17, 15) is 0 Å². The Morgan fingerprint density at radius 1 is 1.13 bits per heavy atom. The van der Waals surface area contributed by atoms with Crippen molar-refractivity contribution >= 4 is 10.9 Å². The first-order chi connectivity index (χ1) is 11.2. The zero-order chi connectivity index (χ0) is 15.8. The predicted octanol–water partition coefficient (Wildman–Crippen LogP) is 3.80. The highest BCUT2D eigenvalue weighted by molar-refractivity contribution is 5.79. The number of nitrogens with one attached hydrogen (secondary N) is 1. The van der Waals surface area contributed by atoms with E-state index < -0.39 is 0 Å². The van der Waals surface area contributed by atoms with Crippen LogP contribution in [0.25, 0.3) is 22.4 Å². The van der Waals surface area contributed by atoms with Crippen LogP contribution >= 0.6 is 0 Å². The Labute approximate surface area is 134 Å². The first-order valence-corrected chi connectivity index (χ1v) is 7.81. The van der Waals surface area contributed by atoms with Crippen molar-refractivity contribution in [3.63, 3.8) is 0 Å². The number of nitrogens with zero attached hydrogens (tertiary/aromatic N) is 4. The minimum atomic E-state index is 0.277. The fourth-order valence-electron chi connectivity index (χ4n) is 3.11. The quantitative estimate of drug-likeness (QED) is 0.623. The van der Waals surface area contributed by atoms with Gasteiger partial charge in [0, 0.05) is 36.3 Å². The van der Waals surface area contributed by atoms with Crippen molar-refractivity contribution in [2.45, 2.75) is 26.4 Å². The van der Waals surface area contributed by atoms with Gasteiger partial charge in [0.15, 0.2) is 5.82 Å². The number of fused-ring (bicyclic) bond motifs is 1. The molecule has 5 heteroatoms. The summed E-state index contributed by atoms with van der Waals surface area (Å²) in [5.74, 6) is 0.910. The van der Waals surface area contributed by atoms with E-state index in [1.165, 1.54) is 10.9 Å². The molecule has 1 N–H and O–H groups in total. The Balaban J connectivity index is 1.67. The minimum absolute atomic E-state index is 0.277. The average Bonchev–Trinajstić information content (AvgIpc) is 3.27. The molecule has 0 aliphatic rings. The van der Waals surface area contributed by atoms with Crippen molar-refractivity contribution in [1.29, 1.82) is 0 Å². The molecule has 0 radical (unpaired) electrons. The molecule has 0 bridgehead atoms. The first kappa shape index (κ1) is 13.8. The molecule has 0 saturated carbocycles. The van der Waals surface area contributed by atoms with Gasteiger partial charge in [0.25, 0.3) is 0 Å². The highest BCUT2D eigenvalue weighted by Crippen LogP contribution is 2.24. The van der Waals surface area contributed by atoms with Crippen molar-refractivity contribution in [2.24, 2.45) is 0 Å². The number of para-hydroxylation sites is 1. The van der Waals surface area contributed by atoms with Crippen LogP contribution in [0.3, 0.4) is 0 Å². The molecule has 1 aromatic carbocycles. The van der Waals surface area contributed by atoms with Gasteiger partial charge < -0.3 is 14.1 Å². The molecule has 3 heterocycles. The number of benzene rings is 1. The summed E-state index contributed by atoms with van der Waals surface area (Å²) in [5.41, 5.74) is 3.22. The fraction of sp³-hybridized carbons (Fsp3) is 0.222. The minimum Gasteiger partial charge on any atom is -0.348 e. The van der Waals surface area contributed by atoms with Gasteiger partial charge in [-0.1, -0.05) is 18.2 Å². The summed E-state index contributed by atoms with van der Waals surface area (Å²) in [5, 5.41) is 1.27. The maximum Gasteiger partial charge on any atom is 0.160 e. The normalized spacial score (nSPS) is 12.8. The van der Waals surface area contributed by atoms with E-state index in [-0.39, 0.29) is 6.04 Å². The lowest BCUT2D eigenvalue weighted by Gasteiger charge is -2.17. The van der Waals surface area contributed by atoms with Gasteiger partial charge in [-0.3, -0.25) is 0 Å². The van der Waals surface area contributed by atoms with Gasteiger partial charge >= 0.3 is 0 Å². The van der Waals surface area contributed by atoms with Crippen LogP contribution in [-0.2, 0) is 6.54 Å². The Hall–Kier alpha value is -2.82. The summed E-state index contributed by atoms with van der Waals surface area (Å²) < 4.78 is 4.49. The predicted molar refractivity (Wildman–Crippen MR) is 91.2 cm³/mol. The summed E-state index contributed by atoms with van der Waals surface area (Å²) in [7, 11) is 0. The smallest absolute Gasteiger partial charge is 0.160 e. The van der Waals surface area contributed by atoms with E-state index in [4.69, 9.17) is 0 Å². The molecule has 5 nitrogen and oxygen atoms in total. The molecule has 0 amide bonds. The molecule has 3 aromatic heterocycles. The second-order valence-corrected chi connectivity index (χ2v) is 5.91. The van der Waals surface area contributed by atoms with Gasteiger partial charge in [0.2, 0.25) is 0 Å². The van der Waals surface area contributed by atoms with Gasteiger partial charge in [0.05, 0.1) is 12.4 Å². The van der Waals surface area contributed by atoms with Crippen LogP contribution in [0.4, 0.5) is 0 Å². The third kappa shape index (κ3) is 2.34. The highest BCUT2D eigenvalue weighted by atomic mass is 15.1. The van der Waals surface area contributed by atoms with Crippen LogP contribution in [0.2, 0.25) is 0 Å². The monoisotopic (exact) mass is 305 g/mol. The molecule has 1 unspecified atom stereocenters. The molecule has 0 aliphatic heterocycles. The Morgan fingerprint density at radius 3 is 2.83 bits per heavy atom. The summed E-state index contributed by atoms with van der Waals surface area (Å²) >= 11 is 0. The summed E-state index contributed by atoms with van der Waals surface area (Å²) in [4.78, 5) is 12.0. The lowest BCUT2D eigenvalue weighted by atomic mass is 10.2. The SMILES string of the molecule is Cc1[nH]cnc1-c1nccn1C(C)Cn1ccc2ccccc21. The molecular weight excluding hydrogens is 286 g/mol. The summed E-state index contributed by atoms with van der Waals surface area (Å²) in [6.07, 6.45) is 7.74. The largest absolute Gasteiger partial charge is 0.348 e. The van der Waals surface area contributed by atoms with E-state index >= 15 is 0 Å². The van der Waals surface area contributed by atoms with Crippen LogP contribution in [0.1, 0.15) is 18.7 Å². The van der Waals surface area contributed by atoms with Gasteiger partial charge in [0.1, 0.15) is 5.69 Å². The van der Waals surface area contributed by atoms with Gasteiger partial charge in [-0.15, -0.1) is 0 Å². The molecule has 4 rings (SSSR count). The zero-order valence-corrected chi connectivity index (χ0v) is 13.3. The lowest BCUT2D eigenvalue weighted by Crippen LogP contribution is -2.13. The van der Waals surface area contributed by atoms with E-state index in [1.54, 1.807) is 6.33 Å². The van der Waals surface area contributed by atoms with Crippen LogP contribution in [-0.4, -0.2) is 24.1 Å². The second kappa shape index (κ2) is 5.43. The molecule has 116 valence electrons. The average molecular weight is 305 g/mol. The third-order valence-electron chi connectivity index (χ3n) is 4.33. The number of H-pyrrole nitrogens is 1. The van der Waals surface area contributed by atoms with Crippen molar-refractivity contribution in [3.05, 3.63) is 60.9 Å². The Kier molecular flexibility index (Phi) is 3.26. The van der Waals surface area contributed by atoms with Crippen molar-refractivity contribution in [3.8, 4) is 11.5 Å². The van der Waals surface area contributed by atoms with E-state index in [0.29, 0.717) is 0 Å². The molecule has 23 heavy (non-hydrogen) atoms. The fourth-order valence-corrected chi connectivity index (χ4v) is 3.11. The highest BCUT2D eigenvalue weighted by Gasteiger charge is 2.16. The maximum absolute atomic E-state index is 4.50. The zero-order valence-electron chi connectivity index (χ0n) is 13.3. The van der Waals surface area contributed by atoms with Crippen molar-refractivity contribution < 1.29 is 0 Å². The van der Waals surface area contributed by atoms with Gasteiger partial charge in [-0.05, 0) is 31.4 Å². The Bertz CT molecular complexity index is 943. The third-order valence-corrected chi connectivity index (χ3v) is 4.33. The van der Waals surface area contributed by atoms with E-state index in [2.05, 4.69) is 67.5 Å². The van der Waals surface area contributed by atoms with E-state index in [0.717, 1.165) is 23.8 Å². The molecule has 0 saturated heterocycles. The number of hydrogen-bond acceptors (Lipinski definition) is 2. The molecule has 0 aliphatic carbocycles. The first-order valence-electron chi connectivity index (χ1n) is 7.81. The number of imidazole rings is 2. The van der Waals surface area contributed by atoms with Crippen LogP contribution < -0.4 is 0 Å². The van der Waals surface area contributed by atoms with E-state index in [1.807, 2.05) is 19.3 Å². The van der Waals surface area contributed by atoms with Crippen LogP contribution in [0, 0.1) is 6.92 Å². The second-order valence-electron chi connectivity index (χ2n) is 5.91. The van der Waals surface area contributed by atoms with Gasteiger partial charge in [-0.25, -0.2) is 9.97 Å². The topological polar surface area (TPSA) is 51.4 Å². The lowest BCUT2D eigenvalue weighted by molar-refractivity contribution is 0.476. The number of hydrogen-bond donors (Lipinski definition) is 1. The number of rotatable bonds is 4. The summed E-state index contributed by atoms with van der Waals surface area (Å²) in [6.45, 7) is 5.12.